The van der Waals surface area contributed by atoms with Crippen molar-refractivity contribution >= 4 is 5.91 Å². The lowest BCUT2D eigenvalue weighted by Crippen LogP contribution is -2.19. The zero-order valence-electron chi connectivity index (χ0n) is 13.6. The van der Waals surface area contributed by atoms with Crippen LogP contribution in [0.3, 0.4) is 0 Å². The molecule has 0 unspecified atom stereocenters. The number of phenols is 1. The minimum atomic E-state index is -0.190. The molecule has 1 amide bonds. The number of pyridine rings is 1. The molecule has 2 aromatic carbocycles. The van der Waals surface area contributed by atoms with E-state index in [0.717, 1.165) is 16.7 Å². The summed E-state index contributed by atoms with van der Waals surface area (Å²) in [6.07, 6.45) is 1.56. The fourth-order valence-electron chi connectivity index (χ4n) is 2.71. The molecule has 0 aliphatic heterocycles. The Morgan fingerprint density at radius 3 is 2.33 bits per heavy atom. The second kappa shape index (κ2) is 6.54. The summed E-state index contributed by atoms with van der Waals surface area (Å²) in [5.41, 5.74) is 4.59. The van der Waals surface area contributed by atoms with E-state index in [9.17, 15) is 9.90 Å². The standard InChI is InChI=1S/C20H18N2O2/c1-13-7-3-4-8-14(13)16-11-18(15-9-5-6-10-19(15)23)22-12-17(16)20(24)21-2/h3-12,23H,1-2H3,(H,21,24). The SMILES string of the molecule is CNC(=O)c1cnc(-c2ccccc2O)cc1-c1ccccc1C. The summed E-state index contributed by atoms with van der Waals surface area (Å²) in [5, 5.41) is 12.7. The van der Waals surface area contributed by atoms with E-state index in [2.05, 4.69) is 10.3 Å². The molecule has 0 aliphatic carbocycles. The van der Waals surface area contributed by atoms with Crippen LogP contribution < -0.4 is 5.32 Å². The van der Waals surface area contributed by atoms with Crippen LogP contribution in [0.5, 0.6) is 5.75 Å². The van der Waals surface area contributed by atoms with Gasteiger partial charge in [0.15, 0.2) is 0 Å². The van der Waals surface area contributed by atoms with Gasteiger partial charge in [-0.05, 0) is 41.8 Å². The molecule has 0 bridgehead atoms. The summed E-state index contributed by atoms with van der Waals surface area (Å²) in [6.45, 7) is 2.00. The summed E-state index contributed by atoms with van der Waals surface area (Å²) in [6, 6.07) is 16.8. The molecule has 120 valence electrons. The third kappa shape index (κ3) is 2.86. The second-order valence-electron chi connectivity index (χ2n) is 5.53. The molecule has 0 saturated heterocycles. The highest BCUT2D eigenvalue weighted by Gasteiger charge is 2.16. The van der Waals surface area contributed by atoms with Crippen molar-refractivity contribution in [3.05, 3.63) is 71.9 Å². The molecule has 0 atom stereocenters. The minimum Gasteiger partial charge on any atom is -0.507 e. The maximum atomic E-state index is 12.2. The Labute approximate surface area is 140 Å². The molecule has 4 nitrogen and oxygen atoms in total. The highest BCUT2D eigenvalue weighted by molar-refractivity contribution is 6.01. The van der Waals surface area contributed by atoms with Crippen LogP contribution in [0.25, 0.3) is 22.4 Å². The number of amides is 1. The van der Waals surface area contributed by atoms with Crippen molar-refractivity contribution in [1.82, 2.24) is 10.3 Å². The molecule has 3 rings (SSSR count). The van der Waals surface area contributed by atoms with Crippen LogP contribution in [-0.2, 0) is 0 Å². The van der Waals surface area contributed by atoms with Gasteiger partial charge in [-0.25, -0.2) is 0 Å². The Morgan fingerprint density at radius 2 is 1.67 bits per heavy atom. The third-order valence-electron chi connectivity index (χ3n) is 3.99. The summed E-state index contributed by atoms with van der Waals surface area (Å²) in [7, 11) is 1.60. The molecule has 0 aliphatic rings. The molecular formula is C20H18N2O2. The molecule has 24 heavy (non-hydrogen) atoms. The van der Waals surface area contributed by atoms with Crippen molar-refractivity contribution in [3.63, 3.8) is 0 Å². The first-order chi connectivity index (χ1) is 11.6. The number of carbonyl (C=O) groups excluding carboxylic acids is 1. The van der Waals surface area contributed by atoms with Crippen LogP contribution in [0, 0.1) is 6.92 Å². The molecule has 0 saturated carbocycles. The lowest BCUT2D eigenvalue weighted by molar-refractivity contribution is 0.0963. The average Bonchev–Trinajstić information content (AvgIpc) is 2.61. The summed E-state index contributed by atoms with van der Waals surface area (Å²) >= 11 is 0. The highest BCUT2D eigenvalue weighted by atomic mass is 16.3. The zero-order chi connectivity index (χ0) is 17.1. The molecular weight excluding hydrogens is 300 g/mol. The Morgan fingerprint density at radius 1 is 1.00 bits per heavy atom. The van der Waals surface area contributed by atoms with E-state index in [4.69, 9.17) is 0 Å². The number of para-hydroxylation sites is 1. The topological polar surface area (TPSA) is 62.2 Å². The van der Waals surface area contributed by atoms with Crippen LogP contribution in [0.4, 0.5) is 0 Å². The summed E-state index contributed by atoms with van der Waals surface area (Å²) in [5.74, 6) is -0.0296. The maximum absolute atomic E-state index is 12.2. The van der Waals surface area contributed by atoms with Crippen molar-refractivity contribution in [2.75, 3.05) is 7.05 Å². The van der Waals surface area contributed by atoms with E-state index < -0.39 is 0 Å². The summed E-state index contributed by atoms with van der Waals surface area (Å²) < 4.78 is 0. The predicted molar refractivity (Wildman–Crippen MR) is 94.9 cm³/mol. The second-order valence-corrected chi connectivity index (χ2v) is 5.53. The number of benzene rings is 2. The smallest absolute Gasteiger partial charge is 0.253 e. The van der Waals surface area contributed by atoms with Crippen LogP contribution in [0.2, 0.25) is 0 Å². The number of nitrogens with one attached hydrogen (secondary N) is 1. The first kappa shape index (κ1) is 15.7. The van der Waals surface area contributed by atoms with Gasteiger partial charge in [0.2, 0.25) is 0 Å². The van der Waals surface area contributed by atoms with Crippen LogP contribution in [-0.4, -0.2) is 23.0 Å². The number of hydrogen-bond donors (Lipinski definition) is 2. The fourth-order valence-corrected chi connectivity index (χ4v) is 2.71. The largest absolute Gasteiger partial charge is 0.507 e. The van der Waals surface area contributed by atoms with Gasteiger partial charge in [-0.2, -0.15) is 0 Å². The molecule has 3 aromatic rings. The van der Waals surface area contributed by atoms with E-state index in [-0.39, 0.29) is 11.7 Å². The van der Waals surface area contributed by atoms with Gasteiger partial charge in [0.05, 0.1) is 11.3 Å². The number of rotatable bonds is 3. The minimum absolute atomic E-state index is 0.161. The van der Waals surface area contributed by atoms with Crippen LogP contribution >= 0.6 is 0 Å². The number of aryl methyl sites for hydroxylation is 1. The number of hydrogen-bond acceptors (Lipinski definition) is 3. The monoisotopic (exact) mass is 318 g/mol. The number of phenolic OH excluding ortho intramolecular Hbond substituents is 1. The number of aromatic nitrogens is 1. The Kier molecular flexibility index (Phi) is 4.29. The van der Waals surface area contributed by atoms with E-state index in [1.807, 2.05) is 43.3 Å². The van der Waals surface area contributed by atoms with E-state index in [1.54, 1.807) is 31.4 Å². The maximum Gasteiger partial charge on any atom is 0.253 e. The van der Waals surface area contributed by atoms with Gasteiger partial charge in [0.25, 0.3) is 5.91 Å². The molecule has 0 spiro atoms. The fraction of sp³-hybridized carbons (Fsp3) is 0.100. The molecule has 0 fully saturated rings. The number of nitrogens with zero attached hydrogens (tertiary/aromatic N) is 1. The van der Waals surface area contributed by atoms with E-state index >= 15 is 0 Å². The van der Waals surface area contributed by atoms with Crippen LogP contribution in [0.1, 0.15) is 15.9 Å². The Hall–Kier alpha value is -3.14. The molecule has 2 N–H and O–H groups in total. The Balaban J connectivity index is 2.24. The van der Waals surface area contributed by atoms with Crippen molar-refractivity contribution in [1.29, 1.82) is 0 Å². The van der Waals surface area contributed by atoms with Crippen LogP contribution in [0.15, 0.2) is 60.8 Å². The predicted octanol–water partition coefficient (Wildman–Crippen LogP) is 3.79. The van der Waals surface area contributed by atoms with Crippen molar-refractivity contribution < 1.29 is 9.90 Å². The Bertz CT molecular complexity index is 904. The first-order valence-electron chi connectivity index (χ1n) is 7.68. The highest BCUT2D eigenvalue weighted by Crippen LogP contribution is 2.33. The molecule has 0 radical (unpaired) electrons. The van der Waals surface area contributed by atoms with Gasteiger partial charge < -0.3 is 10.4 Å². The number of aromatic hydroxyl groups is 1. The number of carbonyl (C=O) groups is 1. The zero-order valence-corrected chi connectivity index (χ0v) is 13.6. The van der Waals surface area contributed by atoms with Gasteiger partial charge in [0, 0.05) is 18.8 Å². The van der Waals surface area contributed by atoms with Gasteiger partial charge in [-0.3, -0.25) is 9.78 Å². The third-order valence-corrected chi connectivity index (χ3v) is 3.99. The molecule has 1 heterocycles. The lowest BCUT2D eigenvalue weighted by Gasteiger charge is -2.13. The van der Waals surface area contributed by atoms with Crippen molar-refractivity contribution in [2.45, 2.75) is 6.92 Å². The van der Waals surface area contributed by atoms with Gasteiger partial charge in [-0.15, -0.1) is 0 Å². The van der Waals surface area contributed by atoms with E-state index in [1.165, 1.54) is 0 Å². The normalized spacial score (nSPS) is 10.4. The van der Waals surface area contributed by atoms with Gasteiger partial charge in [-0.1, -0.05) is 36.4 Å². The van der Waals surface area contributed by atoms with E-state index in [0.29, 0.717) is 16.8 Å². The average molecular weight is 318 g/mol. The quantitative estimate of drug-likeness (QED) is 0.772. The summed E-state index contributed by atoms with van der Waals surface area (Å²) in [4.78, 5) is 16.6. The van der Waals surface area contributed by atoms with Gasteiger partial charge >= 0.3 is 0 Å². The molecule has 4 heteroatoms. The van der Waals surface area contributed by atoms with Crippen molar-refractivity contribution in [2.24, 2.45) is 0 Å². The lowest BCUT2D eigenvalue weighted by atomic mass is 9.95. The van der Waals surface area contributed by atoms with Crippen molar-refractivity contribution in [3.8, 4) is 28.1 Å². The molecule has 1 aromatic heterocycles. The first-order valence-corrected chi connectivity index (χ1v) is 7.68. The van der Waals surface area contributed by atoms with Gasteiger partial charge in [0.1, 0.15) is 5.75 Å².